The van der Waals surface area contributed by atoms with Crippen LogP contribution in [0, 0.1) is 6.92 Å². The summed E-state index contributed by atoms with van der Waals surface area (Å²) in [6.45, 7) is 2.33. The Morgan fingerprint density at radius 1 is 1.43 bits per heavy atom. The van der Waals surface area contributed by atoms with E-state index in [1.807, 2.05) is 11.8 Å². The summed E-state index contributed by atoms with van der Waals surface area (Å²) in [4.78, 5) is 0.314. The second kappa shape index (κ2) is 5.95. The summed E-state index contributed by atoms with van der Waals surface area (Å²) in [5.74, 6) is 3.10. The molecule has 1 aromatic rings. The van der Waals surface area contributed by atoms with Gasteiger partial charge in [-0.3, -0.25) is 0 Å². The summed E-state index contributed by atoms with van der Waals surface area (Å²) in [6.07, 6.45) is 3.33. The summed E-state index contributed by atoms with van der Waals surface area (Å²) >= 11 is 1.81. The zero-order valence-corrected chi connectivity index (χ0v) is 14.1. The van der Waals surface area contributed by atoms with Crippen LogP contribution in [-0.2, 0) is 16.6 Å². The zero-order valence-electron chi connectivity index (χ0n) is 12.5. The first kappa shape index (κ1) is 15.4. The highest BCUT2D eigenvalue weighted by molar-refractivity contribution is 7.99. The van der Waals surface area contributed by atoms with Crippen molar-refractivity contribution in [1.82, 2.24) is 9.62 Å². The molecule has 1 unspecified atom stereocenters. The molecule has 1 saturated carbocycles. The maximum atomic E-state index is 12.7. The molecule has 7 heteroatoms. The molecule has 1 aliphatic heterocycles. The zero-order chi connectivity index (χ0) is 15.0. The summed E-state index contributed by atoms with van der Waals surface area (Å²) < 4.78 is 32.6. The Morgan fingerprint density at radius 2 is 2.19 bits per heavy atom. The minimum atomic E-state index is -3.46. The summed E-state index contributed by atoms with van der Waals surface area (Å²) in [5, 5.41) is 3.34. The van der Waals surface area contributed by atoms with Crippen LogP contribution in [0.25, 0.3) is 0 Å². The molecule has 0 spiro atoms. The molecule has 1 atom stereocenters. The molecule has 118 valence electrons. The van der Waals surface area contributed by atoms with Crippen molar-refractivity contribution in [2.75, 3.05) is 18.6 Å². The maximum absolute atomic E-state index is 12.7. The first-order valence-corrected chi connectivity index (χ1v) is 9.96. The third kappa shape index (κ3) is 3.31. The van der Waals surface area contributed by atoms with Crippen molar-refractivity contribution >= 4 is 21.8 Å². The number of hydrogen-bond acceptors (Lipinski definition) is 5. The predicted molar refractivity (Wildman–Crippen MR) is 84.0 cm³/mol. The van der Waals surface area contributed by atoms with Gasteiger partial charge in [0.15, 0.2) is 0 Å². The molecular weight excluding hydrogens is 308 g/mol. The predicted octanol–water partition coefficient (Wildman–Crippen LogP) is 1.97. The number of hydrogen-bond donors (Lipinski definition) is 1. The summed E-state index contributed by atoms with van der Waals surface area (Å²) in [6, 6.07) is 2.36. The third-order valence-corrected chi connectivity index (χ3v) is 7.30. The highest BCUT2D eigenvalue weighted by Gasteiger charge is 2.33. The Bertz CT molecular complexity index is 602. The van der Waals surface area contributed by atoms with Gasteiger partial charge in [-0.1, -0.05) is 0 Å². The van der Waals surface area contributed by atoms with Gasteiger partial charge in [-0.2, -0.15) is 16.1 Å². The van der Waals surface area contributed by atoms with Gasteiger partial charge in [0.05, 0.1) is 6.54 Å². The molecule has 2 heterocycles. The smallest absolute Gasteiger partial charge is 0.246 e. The molecule has 0 bridgehead atoms. The fourth-order valence-corrected chi connectivity index (χ4v) is 5.49. The van der Waals surface area contributed by atoms with Crippen molar-refractivity contribution in [3.63, 3.8) is 0 Å². The van der Waals surface area contributed by atoms with Crippen LogP contribution >= 0.6 is 11.8 Å². The van der Waals surface area contributed by atoms with E-state index in [4.69, 9.17) is 4.42 Å². The summed E-state index contributed by atoms with van der Waals surface area (Å²) in [5.41, 5.74) is 0. The lowest BCUT2D eigenvalue weighted by atomic mass is 10.3. The molecule has 0 aromatic carbocycles. The van der Waals surface area contributed by atoms with Gasteiger partial charge in [-0.05, 0) is 31.9 Å². The lowest BCUT2D eigenvalue weighted by molar-refractivity contribution is 0.392. The van der Waals surface area contributed by atoms with E-state index in [-0.39, 0.29) is 6.04 Å². The van der Waals surface area contributed by atoms with E-state index in [2.05, 4.69) is 5.32 Å². The monoisotopic (exact) mass is 330 g/mol. The van der Waals surface area contributed by atoms with E-state index in [0.29, 0.717) is 29.0 Å². The number of nitrogens with one attached hydrogen (secondary N) is 1. The van der Waals surface area contributed by atoms with Crippen LogP contribution in [0.5, 0.6) is 0 Å². The van der Waals surface area contributed by atoms with Crippen molar-refractivity contribution in [2.24, 2.45) is 0 Å². The molecule has 1 aliphatic carbocycles. The number of rotatable bonds is 6. The number of nitrogens with zero attached hydrogens (tertiary/aromatic N) is 1. The molecular formula is C14H22N2O3S2. The third-order valence-electron chi connectivity index (χ3n) is 4.14. The molecule has 1 N–H and O–H groups in total. The van der Waals surface area contributed by atoms with Crippen LogP contribution in [0.3, 0.4) is 0 Å². The SMILES string of the molecule is Cc1oc(CNC2CC2)cc1S(=O)(=O)N(C)C1CCSC1. The molecule has 0 amide bonds. The second-order valence-corrected chi connectivity index (χ2v) is 8.94. The second-order valence-electron chi connectivity index (χ2n) is 5.83. The van der Waals surface area contributed by atoms with Crippen LogP contribution in [0.15, 0.2) is 15.4 Å². The molecule has 2 fully saturated rings. The van der Waals surface area contributed by atoms with Crippen LogP contribution in [-0.4, -0.2) is 43.4 Å². The Balaban J connectivity index is 1.76. The maximum Gasteiger partial charge on any atom is 0.246 e. The Labute approximate surface area is 130 Å². The van der Waals surface area contributed by atoms with Gasteiger partial charge in [-0.15, -0.1) is 0 Å². The quantitative estimate of drug-likeness (QED) is 0.864. The van der Waals surface area contributed by atoms with Crippen LogP contribution < -0.4 is 5.32 Å². The molecule has 2 aliphatic rings. The fraction of sp³-hybridized carbons (Fsp3) is 0.714. The van der Waals surface area contributed by atoms with Crippen LogP contribution in [0.1, 0.15) is 30.8 Å². The van der Waals surface area contributed by atoms with Crippen LogP contribution in [0.2, 0.25) is 0 Å². The molecule has 1 aromatic heterocycles. The minimum absolute atomic E-state index is 0.0994. The van der Waals surface area contributed by atoms with Crippen molar-refractivity contribution in [1.29, 1.82) is 0 Å². The Hall–Kier alpha value is -0.500. The van der Waals surface area contributed by atoms with Crippen LogP contribution in [0.4, 0.5) is 0 Å². The van der Waals surface area contributed by atoms with Crippen molar-refractivity contribution in [3.8, 4) is 0 Å². The largest absolute Gasteiger partial charge is 0.464 e. The average Bonchev–Trinajstić information content (AvgIpc) is 2.97. The number of furan rings is 1. The van der Waals surface area contributed by atoms with E-state index >= 15 is 0 Å². The van der Waals surface area contributed by atoms with Gasteiger partial charge in [0.1, 0.15) is 16.4 Å². The standard InChI is InChI=1S/C14H22N2O3S2/c1-10-14(7-13(19-10)8-15-11-3-4-11)21(17,18)16(2)12-5-6-20-9-12/h7,11-12,15H,3-6,8-9H2,1-2H3. The topological polar surface area (TPSA) is 62.6 Å². The van der Waals surface area contributed by atoms with Gasteiger partial charge in [-0.25, -0.2) is 8.42 Å². The van der Waals surface area contributed by atoms with Gasteiger partial charge in [0.2, 0.25) is 10.0 Å². The normalized spacial score (nSPS) is 23.1. The van der Waals surface area contributed by atoms with Gasteiger partial charge in [0.25, 0.3) is 0 Å². The lowest BCUT2D eigenvalue weighted by Gasteiger charge is -2.22. The Morgan fingerprint density at radius 3 is 2.81 bits per heavy atom. The fourth-order valence-electron chi connectivity index (χ4n) is 2.56. The van der Waals surface area contributed by atoms with Gasteiger partial charge >= 0.3 is 0 Å². The highest BCUT2D eigenvalue weighted by Crippen LogP contribution is 2.29. The highest BCUT2D eigenvalue weighted by atomic mass is 32.2. The van der Waals surface area contributed by atoms with E-state index in [1.54, 1.807) is 20.0 Å². The first-order chi connectivity index (χ1) is 9.98. The Kier molecular flexibility index (Phi) is 4.36. The van der Waals surface area contributed by atoms with Crippen molar-refractivity contribution in [3.05, 3.63) is 17.6 Å². The summed E-state index contributed by atoms with van der Waals surface area (Å²) in [7, 11) is -1.78. The number of sulfonamides is 1. The molecule has 1 saturated heterocycles. The van der Waals surface area contributed by atoms with E-state index < -0.39 is 10.0 Å². The molecule has 5 nitrogen and oxygen atoms in total. The average molecular weight is 330 g/mol. The van der Waals surface area contributed by atoms with Crippen molar-refractivity contribution in [2.45, 2.75) is 49.7 Å². The van der Waals surface area contributed by atoms with Crippen molar-refractivity contribution < 1.29 is 12.8 Å². The number of aryl methyl sites for hydroxylation is 1. The number of thioether (sulfide) groups is 1. The molecule has 21 heavy (non-hydrogen) atoms. The first-order valence-electron chi connectivity index (χ1n) is 7.37. The molecule has 3 rings (SSSR count). The van der Waals surface area contributed by atoms with E-state index in [0.717, 1.165) is 17.9 Å². The van der Waals surface area contributed by atoms with E-state index in [1.165, 1.54) is 17.1 Å². The van der Waals surface area contributed by atoms with Gasteiger partial charge < -0.3 is 9.73 Å². The molecule has 0 radical (unpaired) electrons. The lowest BCUT2D eigenvalue weighted by Crippen LogP contribution is -2.37. The minimum Gasteiger partial charge on any atom is -0.464 e. The van der Waals surface area contributed by atoms with Gasteiger partial charge in [0, 0.05) is 31.0 Å². The van der Waals surface area contributed by atoms with E-state index in [9.17, 15) is 8.42 Å².